The van der Waals surface area contributed by atoms with Gasteiger partial charge in [-0.25, -0.2) is 9.78 Å². The summed E-state index contributed by atoms with van der Waals surface area (Å²) in [6, 6.07) is 1.60. The molecule has 0 spiro atoms. The Morgan fingerprint density at radius 3 is 2.83 bits per heavy atom. The number of hydrogen-bond donors (Lipinski definition) is 3. The van der Waals surface area contributed by atoms with Crippen LogP contribution in [0.2, 0.25) is 0 Å². The van der Waals surface area contributed by atoms with Crippen molar-refractivity contribution in [3.8, 4) is 0 Å². The highest BCUT2D eigenvalue weighted by Crippen LogP contribution is 2.35. The van der Waals surface area contributed by atoms with E-state index in [0.717, 1.165) is 15.0 Å². The molecule has 0 aliphatic carbocycles. The van der Waals surface area contributed by atoms with E-state index in [-0.39, 0.29) is 18.6 Å². The topological polar surface area (TPSA) is 109 Å². The maximum atomic E-state index is 11.1. The number of nitrogens with zero attached hydrogens (tertiary/aromatic N) is 2. The minimum absolute atomic E-state index is 0.101. The Balaban J connectivity index is 2.25. The number of halogens is 1. The maximum Gasteiger partial charge on any atom is 0.405 e. The molecule has 2 heterocycles. The molecule has 3 atom stereocenters. The van der Waals surface area contributed by atoms with Crippen LogP contribution >= 0.6 is 22.6 Å². The average molecular weight is 449 g/mol. The van der Waals surface area contributed by atoms with E-state index >= 15 is 0 Å². The molecule has 1 unspecified atom stereocenters. The molecule has 134 valence electrons. The molecule has 0 saturated carbocycles. The molecule has 1 saturated heterocycles. The lowest BCUT2D eigenvalue weighted by Gasteiger charge is -2.32. The Morgan fingerprint density at radius 2 is 2.29 bits per heavy atom. The highest BCUT2D eigenvalue weighted by atomic mass is 127. The zero-order valence-electron chi connectivity index (χ0n) is 14.1. The summed E-state index contributed by atoms with van der Waals surface area (Å²) < 4.78 is 6.19. The minimum Gasteiger partial charge on any atom is -0.443 e. The molecule has 1 aliphatic heterocycles. The Bertz CT molecular complexity index is 611. The SMILES string of the molecule is CC(c1cnc(N2CC[C@H](O)[C@H]2CO)cc1I)C(C)(C)OC(N)=O. The van der Waals surface area contributed by atoms with Crippen LogP contribution in [0.5, 0.6) is 0 Å². The molecular weight excluding hydrogens is 425 g/mol. The number of ether oxygens (including phenoxy) is 1. The van der Waals surface area contributed by atoms with Crippen LogP contribution in [-0.2, 0) is 4.74 Å². The Hall–Kier alpha value is -1.13. The monoisotopic (exact) mass is 449 g/mol. The van der Waals surface area contributed by atoms with Gasteiger partial charge in [0.15, 0.2) is 0 Å². The van der Waals surface area contributed by atoms with Gasteiger partial charge in [-0.15, -0.1) is 0 Å². The molecule has 4 N–H and O–H groups in total. The van der Waals surface area contributed by atoms with Gasteiger partial charge in [0.2, 0.25) is 0 Å². The van der Waals surface area contributed by atoms with Gasteiger partial charge in [-0.1, -0.05) is 6.92 Å². The number of rotatable bonds is 5. The van der Waals surface area contributed by atoms with E-state index in [9.17, 15) is 15.0 Å². The van der Waals surface area contributed by atoms with Crippen LogP contribution in [0.15, 0.2) is 12.3 Å². The molecule has 1 aromatic heterocycles. The first kappa shape index (κ1) is 19.2. The largest absolute Gasteiger partial charge is 0.443 e. The van der Waals surface area contributed by atoms with Crippen LogP contribution < -0.4 is 10.6 Å². The van der Waals surface area contributed by atoms with Gasteiger partial charge >= 0.3 is 6.09 Å². The van der Waals surface area contributed by atoms with Crippen molar-refractivity contribution in [3.63, 3.8) is 0 Å². The number of primary amides is 1. The smallest absolute Gasteiger partial charge is 0.405 e. The van der Waals surface area contributed by atoms with Crippen LogP contribution in [0, 0.1) is 3.57 Å². The highest BCUT2D eigenvalue weighted by molar-refractivity contribution is 14.1. The summed E-state index contributed by atoms with van der Waals surface area (Å²) in [4.78, 5) is 17.5. The van der Waals surface area contributed by atoms with Crippen LogP contribution in [0.25, 0.3) is 0 Å². The minimum atomic E-state index is -0.803. The average Bonchev–Trinajstić information content (AvgIpc) is 2.86. The summed E-state index contributed by atoms with van der Waals surface area (Å²) in [7, 11) is 0. The lowest BCUT2D eigenvalue weighted by Crippen LogP contribution is -2.39. The van der Waals surface area contributed by atoms with E-state index in [1.54, 1.807) is 6.20 Å². The van der Waals surface area contributed by atoms with Crippen LogP contribution in [0.4, 0.5) is 10.6 Å². The van der Waals surface area contributed by atoms with Crippen molar-refractivity contribution in [3.05, 3.63) is 21.4 Å². The fourth-order valence-electron chi connectivity index (χ4n) is 2.97. The van der Waals surface area contributed by atoms with Crippen LogP contribution in [0.3, 0.4) is 0 Å². The highest BCUT2D eigenvalue weighted by Gasteiger charge is 2.35. The number of amides is 1. The third kappa shape index (κ3) is 3.92. The number of hydrogen-bond acceptors (Lipinski definition) is 6. The van der Waals surface area contributed by atoms with Crippen LogP contribution in [-0.4, -0.2) is 52.2 Å². The number of carbonyl (C=O) groups excluding carboxylic acids is 1. The Kier molecular flexibility index (Phi) is 5.92. The second-order valence-corrected chi connectivity index (χ2v) is 7.77. The fraction of sp³-hybridized carbons (Fsp3) is 0.625. The number of nitrogens with two attached hydrogens (primary N) is 1. The van der Waals surface area contributed by atoms with E-state index in [1.807, 2.05) is 31.7 Å². The van der Waals surface area contributed by atoms with Crippen molar-refractivity contribution in [1.29, 1.82) is 0 Å². The summed E-state index contributed by atoms with van der Waals surface area (Å²) in [5.41, 5.74) is 5.34. The van der Waals surface area contributed by atoms with Gasteiger partial charge in [-0.2, -0.15) is 0 Å². The van der Waals surface area contributed by atoms with E-state index < -0.39 is 17.8 Å². The summed E-state index contributed by atoms with van der Waals surface area (Å²) in [5, 5.41) is 19.4. The second-order valence-electron chi connectivity index (χ2n) is 6.61. The fourth-order valence-corrected chi connectivity index (χ4v) is 3.86. The van der Waals surface area contributed by atoms with Crippen LogP contribution in [0.1, 0.15) is 38.7 Å². The summed E-state index contributed by atoms with van der Waals surface area (Å²) in [6.07, 6.45) is 1.02. The summed E-state index contributed by atoms with van der Waals surface area (Å²) >= 11 is 2.22. The van der Waals surface area contributed by atoms with Crippen molar-refractivity contribution in [1.82, 2.24) is 4.98 Å². The van der Waals surface area contributed by atoms with Gasteiger partial charge in [-0.05, 0) is 54.5 Å². The zero-order chi connectivity index (χ0) is 18.1. The molecule has 1 fully saturated rings. The summed E-state index contributed by atoms with van der Waals surface area (Å²) in [6.45, 7) is 6.12. The lowest BCUT2D eigenvalue weighted by atomic mass is 9.87. The number of aliphatic hydroxyl groups excluding tert-OH is 2. The molecule has 0 aromatic carbocycles. The number of aliphatic hydroxyl groups is 2. The van der Waals surface area contributed by atoms with Gasteiger partial charge in [0.25, 0.3) is 0 Å². The Labute approximate surface area is 155 Å². The van der Waals surface area contributed by atoms with E-state index in [4.69, 9.17) is 10.5 Å². The first-order valence-corrected chi connectivity index (χ1v) is 8.94. The molecular formula is C16H24IN3O4. The molecule has 8 heteroatoms. The maximum absolute atomic E-state index is 11.1. The van der Waals surface area contributed by atoms with Crippen molar-refractivity contribution in [2.24, 2.45) is 5.73 Å². The predicted octanol–water partition coefficient (Wildman–Crippen LogP) is 1.60. The molecule has 1 amide bonds. The number of aromatic nitrogens is 1. The zero-order valence-corrected chi connectivity index (χ0v) is 16.2. The van der Waals surface area contributed by atoms with E-state index in [0.29, 0.717) is 13.0 Å². The molecule has 0 radical (unpaired) electrons. The van der Waals surface area contributed by atoms with Gasteiger partial charge in [-0.3, -0.25) is 0 Å². The number of anilines is 1. The normalized spacial score (nSPS) is 22.5. The van der Waals surface area contributed by atoms with E-state index in [2.05, 4.69) is 27.6 Å². The van der Waals surface area contributed by atoms with Gasteiger partial charge in [0, 0.05) is 22.2 Å². The number of pyridine rings is 1. The predicted molar refractivity (Wildman–Crippen MR) is 99.0 cm³/mol. The third-order valence-corrected chi connectivity index (χ3v) is 5.67. The van der Waals surface area contributed by atoms with Gasteiger partial charge < -0.3 is 25.6 Å². The molecule has 24 heavy (non-hydrogen) atoms. The molecule has 1 aromatic rings. The number of carbonyl (C=O) groups is 1. The molecule has 1 aliphatic rings. The van der Waals surface area contributed by atoms with Crippen molar-refractivity contribution >= 4 is 34.5 Å². The quantitative estimate of drug-likeness (QED) is 0.590. The first-order chi connectivity index (χ1) is 11.2. The third-order valence-electron chi connectivity index (χ3n) is 4.73. The molecule has 7 nitrogen and oxygen atoms in total. The first-order valence-electron chi connectivity index (χ1n) is 7.86. The second kappa shape index (κ2) is 7.40. The molecule has 2 rings (SSSR count). The van der Waals surface area contributed by atoms with E-state index in [1.165, 1.54) is 0 Å². The summed E-state index contributed by atoms with van der Waals surface area (Å²) in [5.74, 6) is 0.621. The van der Waals surface area contributed by atoms with Gasteiger partial charge in [0.05, 0.1) is 18.8 Å². The lowest BCUT2D eigenvalue weighted by molar-refractivity contribution is 0.0279. The van der Waals surface area contributed by atoms with Crippen molar-refractivity contribution < 1.29 is 19.7 Å². The van der Waals surface area contributed by atoms with Crippen molar-refractivity contribution in [2.75, 3.05) is 18.1 Å². The standard InChI is InChI=1S/C16H24IN3O4/c1-9(16(2,3)24-15(18)23)10-7-19-14(6-11(10)17)20-5-4-13(22)12(20)8-21/h6-7,9,12-13,21-22H,4-5,8H2,1-3H3,(H2,18,23)/t9?,12-,13+/m1/s1. The Morgan fingerprint density at radius 1 is 1.62 bits per heavy atom. The van der Waals surface area contributed by atoms with Gasteiger partial charge in [0.1, 0.15) is 11.4 Å². The van der Waals surface area contributed by atoms with Crippen molar-refractivity contribution in [2.45, 2.75) is 50.9 Å². The molecule has 0 bridgehead atoms.